The smallest absolute Gasteiger partial charge is 0.305 e. The lowest BCUT2D eigenvalue weighted by atomic mass is 9.43. The van der Waals surface area contributed by atoms with Crippen LogP contribution in [-0.4, -0.2) is 51.1 Å². The van der Waals surface area contributed by atoms with Crippen LogP contribution in [0.3, 0.4) is 0 Å². The van der Waals surface area contributed by atoms with Crippen LogP contribution in [0.15, 0.2) is 0 Å². The van der Waals surface area contributed by atoms with E-state index in [1.54, 1.807) is 0 Å². The lowest BCUT2D eigenvalue weighted by Gasteiger charge is -2.63. The number of fused-ring (bicyclic) bond motifs is 5. The van der Waals surface area contributed by atoms with Gasteiger partial charge in [-0.25, -0.2) is 0 Å². The third-order valence-corrected chi connectivity index (χ3v) is 13.3. The highest BCUT2D eigenvalue weighted by Crippen LogP contribution is 2.69. The number of methoxy groups -OCH3 is 1. The van der Waals surface area contributed by atoms with Gasteiger partial charge in [0.05, 0.1) is 19.3 Å². The van der Waals surface area contributed by atoms with E-state index in [2.05, 4.69) is 20.8 Å². The fraction of sp³-hybridized carbons (Fsp3) is 0.971. The van der Waals surface area contributed by atoms with E-state index in [0.717, 1.165) is 51.7 Å². The first-order valence-corrected chi connectivity index (χ1v) is 17.4. The Morgan fingerprint density at radius 1 is 0.829 bits per heavy atom. The minimum Gasteiger partial charge on any atom is -0.469 e. The fourth-order valence-electron chi connectivity index (χ4n) is 11.1. The highest BCUT2D eigenvalue weighted by Gasteiger charge is 2.63. The predicted molar refractivity (Wildman–Crippen MR) is 158 cm³/mol. The Morgan fingerprint density at radius 3 is 2.20 bits per heavy atom. The second kappa shape index (κ2) is 12.7. The SMILES string of the molecule is COC(=O)CC[C@@H](C)[C@H]1CC[C@H]2[C@@H]3[C@H](OC4CCCCO4)C[C@@H]4C[C@H](OC5CCCCO5)CC[C@]4(C)[C@H]3CC[C@]12C. The molecule has 0 aromatic carbocycles. The molecule has 6 nitrogen and oxygen atoms in total. The molecule has 2 heterocycles. The zero-order valence-corrected chi connectivity index (χ0v) is 26.5. The minimum atomic E-state index is -0.0675. The first-order chi connectivity index (χ1) is 19.8. The molecule has 0 aromatic heterocycles. The van der Waals surface area contributed by atoms with Gasteiger partial charge in [0.25, 0.3) is 0 Å². The molecular formula is C35H58O6. The number of ether oxygens (including phenoxy) is 5. The molecule has 12 atom stereocenters. The number of hydrogen-bond acceptors (Lipinski definition) is 6. The van der Waals surface area contributed by atoms with Gasteiger partial charge in [-0.05, 0) is 143 Å². The first-order valence-electron chi connectivity index (χ1n) is 17.4. The second-order valence-electron chi connectivity index (χ2n) is 15.3. The van der Waals surface area contributed by atoms with Crippen LogP contribution in [0.2, 0.25) is 0 Å². The molecule has 2 saturated heterocycles. The van der Waals surface area contributed by atoms with Crippen molar-refractivity contribution in [1.29, 1.82) is 0 Å². The van der Waals surface area contributed by atoms with Crippen molar-refractivity contribution in [2.45, 2.75) is 148 Å². The largest absolute Gasteiger partial charge is 0.469 e. The molecule has 6 heteroatoms. The standard InChI is InChI=1S/C35H58O6/c1-23(11-14-30(36)37-4)26-12-13-27-33-28(16-18-35(26,27)3)34(2)17-15-25(40-31-9-5-7-19-38-31)21-24(34)22-29(33)41-32-10-6-8-20-39-32/h23-29,31-33H,5-22H2,1-4H3/t23-,24+,25-,26-,27+,28+,29-,31?,32?,33+,34+,35-/m1/s1. The summed E-state index contributed by atoms with van der Waals surface area (Å²) in [6.07, 6.45) is 18.9. The van der Waals surface area contributed by atoms with E-state index in [4.69, 9.17) is 23.7 Å². The molecule has 6 aliphatic rings. The molecule has 6 rings (SSSR count). The van der Waals surface area contributed by atoms with E-state index in [0.29, 0.717) is 58.9 Å². The summed E-state index contributed by atoms with van der Waals surface area (Å²) in [5.74, 6) is 3.81. The van der Waals surface area contributed by atoms with Gasteiger partial charge >= 0.3 is 5.97 Å². The second-order valence-corrected chi connectivity index (χ2v) is 15.3. The maximum absolute atomic E-state index is 12.0. The molecular weight excluding hydrogens is 516 g/mol. The highest BCUT2D eigenvalue weighted by atomic mass is 16.7. The summed E-state index contributed by atoms with van der Waals surface area (Å²) in [6.45, 7) is 9.33. The van der Waals surface area contributed by atoms with Gasteiger partial charge in [-0.2, -0.15) is 0 Å². The van der Waals surface area contributed by atoms with Gasteiger partial charge in [0.2, 0.25) is 0 Å². The van der Waals surface area contributed by atoms with Crippen LogP contribution >= 0.6 is 0 Å². The van der Waals surface area contributed by atoms with Gasteiger partial charge in [0, 0.05) is 19.6 Å². The van der Waals surface area contributed by atoms with Gasteiger partial charge in [0.1, 0.15) is 0 Å². The molecule has 6 fully saturated rings. The normalized spacial score (nSPS) is 47.1. The molecule has 0 bridgehead atoms. The monoisotopic (exact) mass is 574 g/mol. The summed E-state index contributed by atoms with van der Waals surface area (Å²) in [6, 6.07) is 0. The van der Waals surface area contributed by atoms with Gasteiger partial charge < -0.3 is 23.7 Å². The van der Waals surface area contributed by atoms with Crippen molar-refractivity contribution in [3.05, 3.63) is 0 Å². The summed E-state index contributed by atoms with van der Waals surface area (Å²) in [5.41, 5.74) is 0.689. The fourth-order valence-corrected chi connectivity index (χ4v) is 11.1. The van der Waals surface area contributed by atoms with E-state index in [1.165, 1.54) is 64.9 Å². The van der Waals surface area contributed by atoms with Gasteiger partial charge in [-0.3, -0.25) is 4.79 Å². The lowest BCUT2D eigenvalue weighted by molar-refractivity contribution is -0.258. The Labute approximate surface area is 249 Å². The summed E-state index contributed by atoms with van der Waals surface area (Å²) < 4.78 is 30.8. The van der Waals surface area contributed by atoms with E-state index in [9.17, 15) is 4.79 Å². The topological polar surface area (TPSA) is 63.2 Å². The maximum Gasteiger partial charge on any atom is 0.305 e. The van der Waals surface area contributed by atoms with Gasteiger partial charge in [-0.1, -0.05) is 20.8 Å². The highest BCUT2D eigenvalue weighted by molar-refractivity contribution is 5.69. The van der Waals surface area contributed by atoms with E-state index in [-0.39, 0.29) is 24.7 Å². The Kier molecular flexibility index (Phi) is 9.42. The molecule has 0 aromatic rings. The van der Waals surface area contributed by atoms with Crippen LogP contribution < -0.4 is 0 Å². The van der Waals surface area contributed by atoms with Crippen LogP contribution in [0.5, 0.6) is 0 Å². The van der Waals surface area contributed by atoms with Crippen molar-refractivity contribution in [2.75, 3.05) is 20.3 Å². The molecule has 2 unspecified atom stereocenters. The molecule has 0 radical (unpaired) electrons. The Bertz CT molecular complexity index is 882. The summed E-state index contributed by atoms with van der Waals surface area (Å²) >= 11 is 0. The zero-order chi connectivity index (χ0) is 28.6. The third-order valence-electron chi connectivity index (χ3n) is 13.3. The van der Waals surface area contributed by atoms with Crippen molar-refractivity contribution in [2.24, 2.45) is 46.3 Å². The summed E-state index contributed by atoms with van der Waals surface area (Å²) in [5, 5.41) is 0. The first kappa shape index (κ1) is 30.3. The number of rotatable bonds is 8. The number of carbonyl (C=O) groups excluding carboxylic acids is 1. The Balaban J connectivity index is 1.21. The lowest BCUT2D eigenvalue weighted by Crippen LogP contribution is -2.60. The third kappa shape index (κ3) is 6.02. The van der Waals surface area contributed by atoms with Crippen LogP contribution in [-0.2, 0) is 28.5 Å². The molecule has 4 saturated carbocycles. The van der Waals surface area contributed by atoms with Crippen LogP contribution in [0.4, 0.5) is 0 Å². The summed E-state index contributed by atoms with van der Waals surface area (Å²) in [7, 11) is 1.51. The van der Waals surface area contributed by atoms with E-state index in [1.807, 2.05) is 0 Å². The molecule has 4 aliphatic carbocycles. The average Bonchev–Trinajstić information content (AvgIpc) is 3.34. The molecule has 0 amide bonds. The van der Waals surface area contributed by atoms with Gasteiger partial charge in [0.15, 0.2) is 12.6 Å². The Morgan fingerprint density at radius 2 is 1.51 bits per heavy atom. The van der Waals surface area contributed by atoms with Crippen molar-refractivity contribution < 1.29 is 28.5 Å². The molecule has 2 aliphatic heterocycles. The summed E-state index contributed by atoms with van der Waals surface area (Å²) in [4.78, 5) is 12.0. The number of esters is 1. The Hall–Kier alpha value is -0.690. The minimum absolute atomic E-state index is 0.00381. The molecule has 0 N–H and O–H groups in total. The zero-order valence-electron chi connectivity index (χ0n) is 26.5. The van der Waals surface area contributed by atoms with Crippen molar-refractivity contribution in [3.8, 4) is 0 Å². The average molecular weight is 575 g/mol. The van der Waals surface area contributed by atoms with Crippen molar-refractivity contribution in [1.82, 2.24) is 0 Å². The van der Waals surface area contributed by atoms with Crippen molar-refractivity contribution >= 4 is 5.97 Å². The van der Waals surface area contributed by atoms with Crippen molar-refractivity contribution in [3.63, 3.8) is 0 Å². The van der Waals surface area contributed by atoms with E-state index >= 15 is 0 Å². The molecule has 0 spiro atoms. The molecule has 41 heavy (non-hydrogen) atoms. The predicted octanol–water partition coefficient (Wildman–Crippen LogP) is 7.67. The number of hydrogen-bond donors (Lipinski definition) is 0. The number of carbonyl (C=O) groups is 1. The van der Waals surface area contributed by atoms with Gasteiger partial charge in [-0.15, -0.1) is 0 Å². The van der Waals surface area contributed by atoms with Crippen LogP contribution in [0.1, 0.15) is 124 Å². The van der Waals surface area contributed by atoms with Crippen LogP contribution in [0, 0.1) is 46.3 Å². The maximum atomic E-state index is 12.0. The quantitative estimate of drug-likeness (QED) is 0.219. The molecule has 234 valence electrons. The van der Waals surface area contributed by atoms with Crippen LogP contribution in [0.25, 0.3) is 0 Å². The van der Waals surface area contributed by atoms with E-state index < -0.39 is 0 Å².